The second kappa shape index (κ2) is 5.84. The standard InChI is InChI=1S/C14H17NO4/c1-18-13(16)10-8-11(14(17)19-2)15-12(10)9-6-4-3-5-7-9/h3-7,10-12,15H,8H2,1-2H3/t10-,11+,12+/m0/s1. The molecule has 0 spiro atoms. The lowest BCUT2D eigenvalue weighted by Gasteiger charge is -2.17. The summed E-state index contributed by atoms with van der Waals surface area (Å²) in [7, 11) is 2.70. The van der Waals surface area contributed by atoms with Crippen molar-refractivity contribution in [2.45, 2.75) is 18.5 Å². The molecule has 1 heterocycles. The molecular weight excluding hydrogens is 246 g/mol. The van der Waals surface area contributed by atoms with Crippen LogP contribution >= 0.6 is 0 Å². The van der Waals surface area contributed by atoms with E-state index in [-0.39, 0.29) is 23.9 Å². The Balaban J connectivity index is 2.24. The first-order valence-electron chi connectivity index (χ1n) is 6.14. The summed E-state index contributed by atoms with van der Waals surface area (Å²) in [6.45, 7) is 0. The first-order valence-corrected chi connectivity index (χ1v) is 6.14. The van der Waals surface area contributed by atoms with Crippen LogP contribution in [0.25, 0.3) is 0 Å². The van der Waals surface area contributed by atoms with E-state index in [4.69, 9.17) is 9.47 Å². The van der Waals surface area contributed by atoms with Crippen LogP contribution in [0.3, 0.4) is 0 Å². The maximum atomic E-state index is 11.8. The van der Waals surface area contributed by atoms with Gasteiger partial charge in [0.2, 0.25) is 0 Å². The molecule has 0 radical (unpaired) electrons. The minimum atomic E-state index is -0.473. The molecule has 0 aliphatic carbocycles. The first-order chi connectivity index (χ1) is 9.17. The van der Waals surface area contributed by atoms with Gasteiger partial charge in [0.1, 0.15) is 6.04 Å². The molecule has 1 aromatic carbocycles. The Morgan fingerprint density at radius 2 is 1.74 bits per heavy atom. The molecule has 1 aliphatic heterocycles. The van der Waals surface area contributed by atoms with E-state index in [1.807, 2.05) is 30.3 Å². The third kappa shape index (κ3) is 2.76. The van der Waals surface area contributed by atoms with Gasteiger partial charge in [0.05, 0.1) is 20.1 Å². The second-order valence-corrected chi connectivity index (χ2v) is 4.50. The third-order valence-electron chi connectivity index (χ3n) is 3.42. The van der Waals surface area contributed by atoms with Gasteiger partial charge in [0.25, 0.3) is 0 Å². The average Bonchev–Trinajstić information content (AvgIpc) is 2.91. The summed E-state index contributed by atoms with van der Waals surface area (Å²) in [5, 5.41) is 3.15. The Labute approximate surface area is 111 Å². The van der Waals surface area contributed by atoms with E-state index in [1.54, 1.807) is 0 Å². The minimum Gasteiger partial charge on any atom is -0.469 e. The molecule has 102 valence electrons. The number of benzene rings is 1. The van der Waals surface area contributed by atoms with Crippen molar-refractivity contribution in [1.82, 2.24) is 5.32 Å². The van der Waals surface area contributed by atoms with Crippen molar-refractivity contribution in [2.75, 3.05) is 14.2 Å². The maximum Gasteiger partial charge on any atom is 0.322 e. The van der Waals surface area contributed by atoms with Crippen LogP contribution in [0.15, 0.2) is 30.3 Å². The number of hydrogen-bond acceptors (Lipinski definition) is 5. The van der Waals surface area contributed by atoms with Gasteiger partial charge in [-0.1, -0.05) is 30.3 Å². The van der Waals surface area contributed by atoms with Crippen LogP contribution in [-0.4, -0.2) is 32.2 Å². The van der Waals surface area contributed by atoms with Crippen molar-refractivity contribution in [3.63, 3.8) is 0 Å². The molecule has 0 unspecified atom stereocenters. The van der Waals surface area contributed by atoms with E-state index in [2.05, 4.69) is 5.32 Å². The van der Waals surface area contributed by atoms with Crippen molar-refractivity contribution >= 4 is 11.9 Å². The van der Waals surface area contributed by atoms with Gasteiger partial charge in [-0.3, -0.25) is 14.9 Å². The molecule has 5 nitrogen and oxygen atoms in total. The van der Waals surface area contributed by atoms with Crippen molar-refractivity contribution in [2.24, 2.45) is 5.92 Å². The smallest absolute Gasteiger partial charge is 0.322 e. The van der Waals surface area contributed by atoms with E-state index in [9.17, 15) is 9.59 Å². The van der Waals surface area contributed by atoms with E-state index >= 15 is 0 Å². The van der Waals surface area contributed by atoms with Gasteiger partial charge >= 0.3 is 11.9 Å². The fourth-order valence-corrected chi connectivity index (χ4v) is 2.47. The Morgan fingerprint density at radius 3 is 2.32 bits per heavy atom. The highest BCUT2D eigenvalue weighted by atomic mass is 16.5. The lowest BCUT2D eigenvalue weighted by Crippen LogP contribution is -2.33. The zero-order valence-electron chi connectivity index (χ0n) is 11.0. The quantitative estimate of drug-likeness (QED) is 0.826. The number of rotatable bonds is 3. The van der Waals surface area contributed by atoms with Gasteiger partial charge in [0, 0.05) is 6.04 Å². The predicted octanol–water partition coefficient (Wildman–Crippen LogP) is 1.05. The Kier molecular flexibility index (Phi) is 4.16. The molecule has 2 rings (SSSR count). The van der Waals surface area contributed by atoms with Gasteiger partial charge in [-0.05, 0) is 12.0 Å². The van der Waals surface area contributed by atoms with E-state index in [0.717, 1.165) is 5.56 Å². The van der Waals surface area contributed by atoms with Crippen molar-refractivity contribution in [1.29, 1.82) is 0 Å². The highest BCUT2D eigenvalue weighted by molar-refractivity contribution is 5.80. The third-order valence-corrected chi connectivity index (χ3v) is 3.42. The minimum absolute atomic E-state index is 0.224. The number of carbonyl (C=O) groups excluding carboxylic acids is 2. The second-order valence-electron chi connectivity index (χ2n) is 4.50. The number of nitrogens with one attached hydrogen (secondary N) is 1. The molecule has 3 atom stereocenters. The maximum absolute atomic E-state index is 11.8. The predicted molar refractivity (Wildman–Crippen MR) is 68.2 cm³/mol. The number of ether oxygens (including phenoxy) is 2. The van der Waals surface area contributed by atoms with Crippen LogP contribution in [0.5, 0.6) is 0 Å². The molecule has 0 saturated carbocycles. The molecule has 1 N–H and O–H groups in total. The van der Waals surface area contributed by atoms with Crippen LogP contribution in [0.4, 0.5) is 0 Å². The normalized spacial score (nSPS) is 25.9. The molecule has 1 fully saturated rings. The number of esters is 2. The SMILES string of the molecule is COC(=O)[C@H]1C[C@H](C(=O)OC)N[C@@H]1c1ccccc1. The Hall–Kier alpha value is -1.88. The summed E-state index contributed by atoms with van der Waals surface area (Å²) in [6, 6.07) is 8.86. The summed E-state index contributed by atoms with van der Waals surface area (Å²) in [6.07, 6.45) is 0.388. The number of methoxy groups -OCH3 is 2. The first kappa shape index (κ1) is 13.5. The molecule has 1 saturated heterocycles. The highest BCUT2D eigenvalue weighted by Gasteiger charge is 2.42. The molecule has 0 amide bonds. The van der Waals surface area contributed by atoms with Crippen molar-refractivity contribution in [3.8, 4) is 0 Å². The summed E-state index contributed by atoms with van der Waals surface area (Å²) in [4.78, 5) is 23.5. The van der Waals surface area contributed by atoms with Crippen LogP contribution in [0.1, 0.15) is 18.0 Å². The summed E-state index contributed by atoms with van der Waals surface area (Å²) >= 11 is 0. The van der Waals surface area contributed by atoms with Crippen LogP contribution in [-0.2, 0) is 19.1 Å². The monoisotopic (exact) mass is 263 g/mol. The van der Waals surface area contributed by atoms with Gasteiger partial charge in [0.15, 0.2) is 0 Å². The average molecular weight is 263 g/mol. The molecule has 19 heavy (non-hydrogen) atoms. The van der Waals surface area contributed by atoms with Crippen molar-refractivity contribution < 1.29 is 19.1 Å². The summed E-state index contributed by atoms with van der Waals surface area (Å²) < 4.78 is 9.54. The van der Waals surface area contributed by atoms with Crippen LogP contribution < -0.4 is 5.32 Å². The van der Waals surface area contributed by atoms with E-state index in [0.29, 0.717) is 6.42 Å². The largest absolute Gasteiger partial charge is 0.469 e. The molecular formula is C14H17NO4. The van der Waals surface area contributed by atoms with E-state index < -0.39 is 6.04 Å². The van der Waals surface area contributed by atoms with E-state index in [1.165, 1.54) is 14.2 Å². The molecule has 0 aromatic heterocycles. The summed E-state index contributed by atoms with van der Waals surface area (Å²) in [5.41, 5.74) is 0.962. The molecule has 0 bridgehead atoms. The number of hydrogen-bond donors (Lipinski definition) is 1. The summed E-state index contributed by atoms with van der Waals surface area (Å²) in [5.74, 6) is -1.04. The van der Waals surface area contributed by atoms with Gasteiger partial charge in [-0.2, -0.15) is 0 Å². The van der Waals surface area contributed by atoms with Crippen LogP contribution in [0.2, 0.25) is 0 Å². The lowest BCUT2D eigenvalue weighted by molar-refractivity contribution is -0.146. The molecule has 1 aliphatic rings. The topological polar surface area (TPSA) is 64.6 Å². The fourth-order valence-electron chi connectivity index (χ4n) is 2.47. The zero-order chi connectivity index (χ0) is 13.8. The van der Waals surface area contributed by atoms with Gasteiger partial charge in [-0.15, -0.1) is 0 Å². The fraction of sp³-hybridized carbons (Fsp3) is 0.429. The molecule has 5 heteroatoms. The Bertz CT molecular complexity index is 460. The van der Waals surface area contributed by atoms with Crippen LogP contribution in [0, 0.1) is 5.92 Å². The van der Waals surface area contributed by atoms with Gasteiger partial charge < -0.3 is 9.47 Å². The lowest BCUT2D eigenvalue weighted by atomic mass is 9.93. The Morgan fingerprint density at radius 1 is 1.11 bits per heavy atom. The zero-order valence-corrected chi connectivity index (χ0v) is 11.0. The molecule has 1 aromatic rings. The van der Waals surface area contributed by atoms with Crippen molar-refractivity contribution in [3.05, 3.63) is 35.9 Å². The number of carbonyl (C=O) groups is 2. The van der Waals surface area contributed by atoms with Gasteiger partial charge in [-0.25, -0.2) is 0 Å². The highest BCUT2D eigenvalue weighted by Crippen LogP contribution is 2.33.